The van der Waals surface area contributed by atoms with Crippen LogP contribution in [0.2, 0.25) is 0 Å². The second-order valence-corrected chi connectivity index (χ2v) is 16.2. The molecular formula is C41H47N5O11+2. The molecule has 300 valence electrons. The van der Waals surface area contributed by atoms with Gasteiger partial charge >= 0.3 is 0 Å². The molecule has 57 heavy (non-hydrogen) atoms. The molecule has 1 aromatic heterocycles. The maximum atomic E-state index is 13.5. The third-order valence-electron chi connectivity index (χ3n) is 12.5. The van der Waals surface area contributed by atoms with Crippen molar-refractivity contribution < 1.29 is 59.1 Å². The first-order valence-corrected chi connectivity index (χ1v) is 19.5. The van der Waals surface area contributed by atoms with Crippen molar-refractivity contribution in [3.63, 3.8) is 0 Å². The predicted octanol–water partition coefficient (Wildman–Crippen LogP) is -1.87. The Hall–Kier alpha value is -4.62. The number of nitrogens with zero attached hydrogens (tertiary/aromatic N) is 2. The van der Waals surface area contributed by atoms with Crippen LogP contribution in [0.15, 0.2) is 90.6 Å². The van der Waals surface area contributed by atoms with Gasteiger partial charge in [0.2, 0.25) is 17.2 Å². The fraction of sp³-hybridized carbons (Fsp3) is 0.463. The van der Waals surface area contributed by atoms with Crippen LogP contribution >= 0.6 is 0 Å². The SMILES string of the molecule is Cc1cc(=O)c2cc3c(c([NH+]4C=C5N=CC=C5C4)c2o1)OC1(CC=CC(C2CNC(=O)C2)C1)C(OOCC(O)C(O)(C[NH+]1CC=C2N=CC=C21)C(O)C(O)CO)C3. The van der Waals surface area contributed by atoms with E-state index in [1.54, 1.807) is 31.5 Å². The standard InChI is InChI=1S/C41H45N5O11/c1-22-11-31(48)27-12-25-13-34(57-54-20-33(50)41(53,39(52)32(49)19-47)21-45-10-6-28-30(45)5-9-42-28)40(7-2-3-23(15-40)26-14-35(51)44-16-26)56-37(25)36(38(27)55-22)46-17-24-4-8-43-29(24)18-46/h2-6,8-9,11-12,18,23,26,32-34,39,47,49-50,52-53H,7,10,13-17,19-21H2,1H3,(H,44,51)/p+2. The van der Waals surface area contributed by atoms with Crippen molar-refractivity contribution in [2.24, 2.45) is 21.8 Å². The second-order valence-electron chi connectivity index (χ2n) is 16.2. The van der Waals surface area contributed by atoms with E-state index in [-0.39, 0.29) is 36.1 Å². The fourth-order valence-electron chi connectivity index (χ4n) is 9.44. The molecule has 10 unspecified atom stereocenters. The van der Waals surface area contributed by atoms with Crippen molar-refractivity contribution in [2.75, 3.05) is 39.4 Å². The van der Waals surface area contributed by atoms with Gasteiger partial charge in [0, 0.05) is 67.6 Å². The van der Waals surface area contributed by atoms with Crippen LogP contribution in [-0.2, 0) is 21.0 Å². The lowest BCUT2D eigenvalue weighted by atomic mass is 9.71. The van der Waals surface area contributed by atoms with Crippen LogP contribution in [0.3, 0.4) is 0 Å². The van der Waals surface area contributed by atoms with Crippen LogP contribution in [-0.4, -0.2) is 119 Å². The molecule has 0 bridgehead atoms. The van der Waals surface area contributed by atoms with Gasteiger partial charge in [0.1, 0.15) is 79.6 Å². The molecule has 1 fully saturated rings. The normalized spacial score (nSPS) is 30.9. The highest BCUT2D eigenvalue weighted by Crippen LogP contribution is 2.49. The van der Waals surface area contributed by atoms with Gasteiger partial charge in [-0.25, -0.2) is 9.78 Å². The summed E-state index contributed by atoms with van der Waals surface area (Å²) >= 11 is 0. The highest BCUT2D eigenvalue weighted by molar-refractivity contribution is 5.90. The Bertz CT molecular complexity index is 2280. The van der Waals surface area contributed by atoms with Crippen molar-refractivity contribution >= 4 is 35.0 Å². The Balaban J connectivity index is 1.04. The molecule has 7 heterocycles. The number of hydrogen-bond acceptors (Lipinski definition) is 13. The van der Waals surface area contributed by atoms with Crippen LogP contribution in [0.1, 0.15) is 30.6 Å². The van der Waals surface area contributed by atoms with Crippen LogP contribution in [0.4, 0.5) is 5.69 Å². The zero-order valence-electron chi connectivity index (χ0n) is 31.4. The van der Waals surface area contributed by atoms with E-state index in [4.69, 9.17) is 18.9 Å². The van der Waals surface area contributed by atoms with E-state index in [0.29, 0.717) is 77.5 Å². The van der Waals surface area contributed by atoms with Crippen molar-refractivity contribution in [3.8, 4) is 5.75 Å². The third kappa shape index (κ3) is 6.64. The Labute approximate surface area is 327 Å². The largest absolute Gasteiger partial charge is 0.477 e. The summed E-state index contributed by atoms with van der Waals surface area (Å²) in [5.74, 6) is 0.969. The first kappa shape index (κ1) is 37.9. The number of quaternary nitrogens is 2. The Kier molecular flexibility index (Phi) is 9.74. The van der Waals surface area contributed by atoms with Gasteiger partial charge in [-0.1, -0.05) is 12.2 Å². The molecule has 1 aliphatic carbocycles. The molecule has 9 rings (SSSR count). The molecule has 2 aromatic rings. The average Bonchev–Trinajstić information content (AvgIpc) is 4.04. The number of rotatable bonds is 12. The van der Waals surface area contributed by atoms with Crippen molar-refractivity contribution in [2.45, 2.75) is 68.2 Å². The van der Waals surface area contributed by atoms with Gasteiger partial charge in [-0.3, -0.25) is 29.4 Å². The van der Waals surface area contributed by atoms with E-state index < -0.39 is 48.8 Å². The minimum absolute atomic E-state index is 0.0131. The number of allylic oxidation sites excluding steroid dienone is 3. The molecular weight excluding hydrogens is 738 g/mol. The van der Waals surface area contributed by atoms with Gasteiger partial charge in [-0.15, -0.1) is 0 Å². The Morgan fingerprint density at radius 3 is 2.74 bits per heavy atom. The highest BCUT2D eigenvalue weighted by Gasteiger charge is 2.54. The molecule has 1 spiro atoms. The second kappa shape index (κ2) is 14.6. The maximum Gasteiger partial charge on any atom is 0.222 e. The molecule has 1 amide bonds. The van der Waals surface area contributed by atoms with Crippen LogP contribution in [0, 0.1) is 18.8 Å². The molecule has 8 N–H and O–H groups in total. The van der Waals surface area contributed by atoms with Gasteiger partial charge in [-0.05, 0) is 37.3 Å². The molecule has 10 atom stereocenters. The van der Waals surface area contributed by atoms with Gasteiger partial charge in [0.15, 0.2) is 22.5 Å². The maximum absolute atomic E-state index is 13.5. The topological polar surface area (TPSA) is 222 Å². The third-order valence-corrected chi connectivity index (χ3v) is 12.5. The number of carbonyl (C=O) groups is 1. The summed E-state index contributed by atoms with van der Waals surface area (Å²) in [4.78, 5) is 48.3. The van der Waals surface area contributed by atoms with E-state index in [9.17, 15) is 35.1 Å². The van der Waals surface area contributed by atoms with Crippen LogP contribution in [0.5, 0.6) is 5.75 Å². The van der Waals surface area contributed by atoms with Crippen molar-refractivity contribution in [3.05, 3.63) is 92.9 Å². The fourth-order valence-corrected chi connectivity index (χ4v) is 9.44. The number of hydrogen-bond donors (Lipinski definition) is 8. The Morgan fingerprint density at radius 1 is 1.12 bits per heavy atom. The summed E-state index contributed by atoms with van der Waals surface area (Å²) in [6, 6.07) is 3.22. The number of carbonyl (C=O) groups excluding carboxylic acids is 1. The molecule has 0 saturated carbocycles. The number of amides is 1. The lowest BCUT2D eigenvalue weighted by molar-refractivity contribution is -0.856. The first-order valence-electron chi connectivity index (χ1n) is 19.5. The monoisotopic (exact) mass is 785 g/mol. The summed E-state index contributed by atoms with van der Waals surface area (Å²) in [7, 11) is 0. The smallest absolute Gasteiger partial charge is 0.222 e. The highest BCUT2D eigenvalue weighted by atomic mass is 17.2. The summed E-state index contributed by atoms with van der Waals surface area (Å²) in [6.07, 6.45) is 10.3. The van der Waals surface area contributed by atoms with Crippen molar-refractivity contribution in [1.29, 1.82) is 0 Å². The van der Waals surface area contributed by atoms with Gasteiger partial charge in [0.25, 0.3) is 0 Å². The molecule has 1 saturated heterocycles. The summed E-state index contributed by atoms with van der Waals surface area (Å²) < 4.78 is 13.5. The number of aliphatic hydroxyl groups is 5. The van der Waals surface area contributed by atoms with Crippen LogP contribution < -0.4 is 25.3 Å². The number of aliphatic imine (C=N–C) groups is 2. The number of ether oxygens (including phenoxy) is 1. The molecule has 6 aliphatic heterocycles. The molecule has 0 radical (unpaired) electrons. The van der Waals surface area contributed by atoms with E-state index in [2.05, 4.69) is 21.4 Å². The van der Waals surface area contributed by atoms with E-state index in [1.807, 2.05) is 24.4 Å². The lowest BCUT2D eigenvalue weighted by Crippen LogP contribution is -3.11. The minimum atomic E-state index is -2.35. The quantitative estimate of drug-likeness (QED) is 0.0677. The van der Waals surface area contributed by atoms with Gasteiger partial charge in [-0.2, -0.15) is 0 Å². The minimum Gasteiger partial charge on any atom is -0.477 e. The lowest BCUT2D eigenvalue weighted by Gasteiger charge is -2.47. The number of aryl methyl sites for hydroxylation is 1. The zero-order valence-corrected chi connectivity index (χ0v) is 31.4. The summed E-state index contributed by atoms with van der Waals surface area (Å²) in [5.41, 5.74) is 1.55. The average molecular weight is 786 g/mol. The number of nitrogens with one attached hydrogen (secondary N) is 3. The molecule has 16 heteroatoms. The number of fused-ring (bicyclic) bond motifs is 4. The molecule has 7 aliphatic rings. The summed E-state index contributed by atoms with van der Waals surface area (Å²) in [6.45, 7) is 1.52. The van der Waals surface area contributed by atoms with Crippen LogP contribution in [0.25, 0.3) is 11.0 Å². The number of benzene rings is 1. The first-order chi connectivity index (χ1) is 27.5. The molecule has 1 aromatic carbocycles. The van der Waals surface area contributed by atoms with Gasteiger partial charge in [0.05, 0.1) is 12.0 Å². The van der Waals surface area contributed by atoms with E-state index in [0.717, 1.165) is 27.6 Å². The van der Waals surface area contributed by atoms with E-state index >= 15 is 0 Å². The predicted molar refractivity (Wildman–Crippen MR) is 204 cm³/mol. The Morgan fingerprint density at radius 2 is 1.95 bits per heavy atom. The molecule has 16 nitrogen and oxygen atoms in total. The number of aliphatic hydroxyl groups excluding tert-OH is 4. The van der Waals surface area contributed by atoms with E-state index in [1.165, 1.54) is 6.07 Å². The van der Waals surface area contributed by atoms with Crippen molar-refractivity contribution in [1.82, 2.24) is 5.32 Å². The summed E-state index contributed by atoms with van der Waals surface area (Å²) in [5, 5.41) is 58.0. The van der Waals surface area contributed by atoms with Gasteiger partial charge < -0.3 is 40.0 Å². The zero-order chi connectivity index (χ0) is 39.6.